The number of piperidine rings is 1. The second-order valence-corrected chi connectivity index (χ2v) is 6.07. The molecule has 1 aromatic carbocycles. The lowest BCUT2D eigenvalue weighted by atomic mass is 10.0. The smallest absolute Gasteiger partial charge is 0.251 e. The second kappa shape index (κ2) is 6.46. The number of aliphatic hydroxyl groups is 1. The van der Waals surface area contributed by atoms with E-state index in [0.29, 0.717) is 12.1 Å². The number of nitrogens with one attached hydrogen (secondary N) is 2. The first-order chi connectivity index (χ1) is 10.6. The predicted octanol–water partition coefficient (Wildman–Crippen LogP) is 1.14. The number of benzene rings is 1. The maximum Gasteiger partial charge on any atom is 0.251 e. The third-order valence-electron chi connectivity index (χ3n) is 4.15. The Morgan fingerprint density at radius 3 is 3.00 bits per heavy atom. The summed E-state index contributed by atoms with van der Waals surface area (Å²) in [6.45, 7) is 4.34. The number of carbonyl (C=O) groups excluding carboxylic acids is 1. The number of amides is 1. The van der Waals surface area contributed by atoms with Crippen molar-refractivity contribution in [2.45, 2.75) is 31.9 Å². The highest BCUT2D eigenvalue weighted by molar-refractivity contribution is 5.98. The quantitative estimate of drug-likeness (QED) is 0.791. The molecule has 1 unspecified atom stereocenters. The Kier molecular flexibility index (Phi) is 4.40. The molecule has 3 rings (SSSR count). The number of fused-ring (bicyclic) bond motifs is 1. The van der Waals surface area contributed by atoms with Crippen LogP contribution in [0.3, 0.4) is 0 Å². The Morgan fingerprint density at radius 2 is 2.27 bits per heavy atom. The molecular formula is C16H22N4O2. The van der Waals surface area contributed by atoms with Crippen molar-refractivity contribution in [3.05, 3.63) is 30.0 Å². The normalized spacial score (nSPS) is 18.5. The largest absolute Gasteiger partial charge is 0.392 e. The van der Waals surface area contributed by atoms with Crippen molar-refractivity contribution in [1.29, 1.82) is 0 Å². The summed E-state index contributed by atoms with van der Waals surface area (Å²) in [5, 5.41) is 20.3. The number of aromatic nitrogens is 2. The van der Waals surface area contributed by atoms with Gasteiger partial charge in [0.15, 0.2) is 0 Å². The number of nitrogens with zero attached hydrogens (tertiary/aromatic N) is 2. The van der Waals surface area contributed by atoms with Crippen LogP contribution >= 0.6 is 0 Å². The van der Waals surface area contributed by atoms with Crippen LogP contribution in [-0.2, 0) is 0 Å². The lowest BCUT2D eigenvalue weighted by Crippen LogP contribution is -2.46. The van der Waals surface area contributed by atoms with E-state index in [1.54, 1.807) is 13.1 Å². The molecule has 6 nitrogen and oxygen atoms in total. The van der Waals surface area contributed by atoms with Crippen LogP contribution in [0.1, 0.15) is 30.1 Å². The van der Waals surface area contributed by atoms with Gasteiger partial charge < -0.3 is 15.3 Å². The molecule has 1 aromatic heterocycles. The molecule has 0 aliphatic carbocycles. The number of carbonyl (C=O) groups is 1. The van der Waals surface area contributed by atoms with Crippen molar-refractivity contribution < 1.29 is 9.90 Å². The SMILES string of the molecule is CC(O)CN1CCC(NC(=O)c2ccc3[nH]ncc3c2)CC1. The van der Waals surface area contributed by atoms with Gasteiger partial charge in [0.2, 0.25) is 0 Å². The molecule has 3 N–H and O–H groups in total. The van der Waals surface area contributed by atoms with Crippen LogP contribution in [0.25, 0.3) is 10.9 Å². The van der Waals surface area contributed by atoms with E-state index < -0.39 is 0 Å². The molecule has 1 fully saturated rings. The Labute approximate surface area is 129 Å². The monoisotopic (exact) mass is 302 g/mol. The number of hydrogen-bond acceptors (Lipinski definition) is 4. The van der Waals surface area contributed by atoms with E-state index >= 15 is 0 Å². The maximum absolute atomic E-state index is 12.3. The third kappa shape index (κ3) is 3.45. The van der Waals surface area contributed by atoms with Crippen LogP contribution in [0.5, 0.6) is 0 Å². The van der Waals surface area contributed by atoms with Crippen LogP contribution in [0.4, 0.5) is 0 Å². The topological polar surface area (TPSA) is 81.2 Å². The van der Waals surface area contributed by atoms with Crippen molar-refractivity contribution in [3.63, 3.8) is 0 Å². The number of rotatable bonds is 4. The van der Waals surface area contributed by atoms with Crippen LogP contribution in [0.15, 0.2) is 24.4 Å². The second-order valence-electron chi connectivity index (χ2n) is 6.07. The van der Waals surface area contributed by atoms with Gasteiger partial charge in [0, 0.05) is 36.6 Å². The van der Waals surface area contributed by atoms with Gasteiger partial charge >= 0.3 is 0 Å². The average molecular weight is 302 g/mol. The fraction of sp³-hybridized carbons (Fsp3) is 0.500. The summed E-state index contributed by atoms with van der Waals surface area (Å²) in [6, 6.07) is 5.76. The van der Waals surface area contributed by atoms with Gasteiger partial charge in [-0.05, 0) is 38.0 Å². The van der Waals surface area contributed by atoms with Gasteiger partial charge in [0.25, 0.3) is 5.91 Å². The molecule has 2 heterocycles. The predicted molar refractivity (Wildman–Crippen MR) is 84.7 cm³/mol. The molecule has 22 heavy (non-hydrogen) atoms. The zero-order chi connectivity index (χ0) is 15.5. The lowest BCUT2D eigenvalue weighted by Gasteiger charge is -2.32. The molecule has 1 saturated heterocycles. The molecule has 1 aliphatic heterocycles. The Hall–Kier alpha value is -1.92. The number of aromatic amines is 1. The minimum absolute atomic E-state index is 0.0305. The van der Waals surface area contributed by atoms with Gasteiger partial charge in [-0.25, -0.2) is 0 Å². The molecule has 0 spiro atoms. The minimum atomic E-state index is -0.298. The van der Waals surface area contributed by atoms with Gasteiger partial charge in [-0.2, -0.15) is 5.10 Å². The number of likely N-dealkylation sites (tertiary alicyclic amines) is 1. The summed E-state index contributed by atoms with van der Waals surface area (Å²) in [5.41, 5.74) is 1.60. The van der Waals surface area contributed by atoms with Gasteiger partial charge in [0.05, 0.1) is 17.8 Å². The molecule has 0 saturated carbocycles. The average Bonchev–Trinajstić information content (AvgIpc) is 2.96. The van der Waals surface area contributed by atoms with E-state index in [-0.39, 0.29) is 18.1 Å². The number of aliphatic hydroxyl groups excluding tert-OH is 1. The first-order valence-corrected chi connectivity index (χ1v) is 7.76. The summed E-state index contributed by atoms with van der Waals surface area (Å²) >= 11 is 0. The number of hydrogen-bond donors (Lipinski definition) is 3. The molecule has 118 valence electrons. The number of β-amino-alcohol motifs (C(OH)–C–C–N with tert-alkyl or cyclic N) is 1. The summed E-state index contributed by atoms with van der Waals surface area (Å²) in [7, 11) is 0. The molecule has 1 amide bonds. The Balaban J connectivity index is 1.56. The van der Waals surface area contributed by atoms with E-state index in [1.807, 2.05) is 18.2 Å². The summed E-state index contributed by atoms with van der Waals surface area (Å²) < 4.78 is 0. The van der Waals surface area contributed by atoms with Crippen molar-refractivity contribution in [3.8, 4) is 0 Å². The Morgan fingerprint density at radius 1 is 1.50 bits per heavy atom. The lowest BCUT2D eigenvalue weighted by molar-refractivity contribution is 0.0861. The Bertz CT molecular complexity index is 644. The highest BCUT2D eigenvalue weighted by atomic mass is 16.3. The van der Waals surface area contributed by atoms with Gasteiger partial charge in [-0.3, -0.25) is 9.89 Å². The molecular weight excluding hydrogens is 280 g/mol. The summed E-state index contributed by atoms with van der Waals surface area (Å²) in [6.07, 6.45) is 3.27. The molecule has 2 aromatic rings. The maximum atomic E-state index is 12.3. The van der Waals surface area contributed by atoms with Crippen LogP contribution in [0.2, 0.25) is 0 Å². The van der Waals surface area contributed by atoms with E-state index in [0.717, 1.165) is 36.8 Å². The first kappa shape index (κ1) is 15.0. The van der Waals surface area contributed by atoms with E-state index in [9.17, 15) is 9.90 Å². The molecule has 1 aliphatic rings. The molecule has 0 bridgehead atoms. The van der Waals surface area contributed by atoms with Gasteiger partial charge in [0.1, 0.15) is 0 Å². The number of H-pyrrole nitrogens is 1. The van der Waals surface area contributed by atoms with E-state index in [1.165, 1.54) is 0 Å². The zero-order valence-electron chi connectivity index (χ0n) is 12.7. The van der Waals surface area contributed by atoms with Crippen molar-refractivity contribution >= 4 is 16.8 Å². The standard InChI is InChI=1S/C16H22N4O2/c1-11(21)10-20-6-4-14(5-7-20)18-16(22)12-2-3-15-13(8-12)9-17-19-15/h2-3,8-9,11,14,21H,4-7,10H2,1H3,(H,17,19)(H,18,22). The van der Waals surface area contributed by atoms with Gasteiger partial charge in [-0.1, -0.05) is 0 Å². The highest BCUT2D eigenvalue weighted by Gasteiger charge is 2.21. The van der Waals surface area contributed by atoms with Crippen molar-refractivity contribution in [1.82, 2.24) is 20.4 Å². The summed E-state index contributed by atoms with van der Waals surface area (Å²) in [5.74, 6) is -0.0305. The van der Waals surface area contributed by atoms with Crippen LogP contribution in [0, 0.1) is 0 Å². The van der Waals surface area contributed by atoms with Gasteiger partial charge in [-0.15, -0.1) is 0 Å². The third-order valence-corrected chi connectivity index (χ3v) is 4.15. The van der Waals surface area contributed by atoms with Crippen molar-refractivity contribution in [2.24, 2.45) is 0 Å². The van der Waals surface area contributed by atoms with E-state index in [2.05, 4.69) is 20.4 Å². The summed E-state index contributed by atoms with van der Waals surface area (Å²) in [4.78, 5) is 14.6. The molecule has 1 atom stereocenters. The fourth-order valence-corrected chi connectivity index (χ4v) is 2.99. The van der Waals surface area contributed by atoms with Crippen LogP contribution in [-0.4, -0.2) is 57.9 Å². The first-order valence-electron chi connectivity index (χ1n) is 7.76. The molecule has 0 radical (unpaired) electrons. The highest BCUT2D eigenvalue weighted by Crippen LogP contribution is 2.15. The zero-order valence-corrected chi connectivity index (χ0v) is 12.7. The molecule has 6 heteroatoms. The van der Waals surface area contributed by atoms with Crippen LogP contribution < -0.4 is 5.32 Å². The van der Waals surface area contributed by atoms with Crippen molar-refractivity contribution in [2.75, 3.05) is 19.6 Å². The minimum Gasteiger partial charge on any atom is -0.392 e. The fourth-order valence-electron chi connectivity index (χ4n) is 2.99. The van der Waals surface area contributed by atoms with E-state index in [4.69, 9.17) is 0 Å².